The number of ether oxygens (including phenoxy) is 1. The Morgan fingerprint density at radius 3 is 2.64 bits per heavy atom. The third-order valence-electron chi connectivity index (χ3n) is 6.13. The van der Waals surface area contributed by atoms with Crippen LogP contribution < -0.4 is 0 Å². The molecule has 154 valence electrons. The van der Waals surface area contributed by atoms with Crippen LogP contribution in [0.1, 0.15) is 44.0 Å². The highest BCUT2D eigenvalue weighted by atomic mass is 16.6. The molecule has 0 bridgehead atoms. The van der Waals surface area contributed by atoms with Crippen LogP contribution in [0.25, 0.3) is 11.2 Å². The number of hydrogen-bond acceptors (Lipinski definition) is 8. The minimum Gasteiger partial charge on any atom is -0.394 e. The Balaban J connectivity index is 1.51. The summed E-state index contributed by atoms with van der Waals surface area (Å²) >= 11 is 0. The summed E-state index contributed by atoms with van der Waals surface area (Å²) in [6, 6.07) is 0.641. The minimum absolute atomic E-state index is 0.366. The molecular formula is C19H29N5O4. The fourth-order valence-corrected chi connectivity index (χ4v) is 4.37. The first-order valence-electron chi connectivity index (χ1n) is 10.1. The van der Waals surface area contributed by atoms with Gasteiger partial charge in [0.05, 0.1) is 18.6 Å². The summed E-state index contributed by atoms with van der Waals surface area (Å²) in [7, 11) is 2.17. The summed E-state index contributed by atoms with van der Waals surface area (Å²) in [5.74, 6) is 0. The van der Waals surface area contributed by atoms with Crippen molar-refractivity contribution >= 4 is 11.2 Å². The second-order valence-electron chi connectivity index (χ2n) is 7.90. The van der Waals surface area contributed by atoms with E-state index in [0.29, 0.717) is 17.2 Å². The molecule has 0 aromatic carbocycles. The lowest BCUT2D eigenvalue weighted by molar-refractivity contribution is -0.0511. The van der Waals surface area contributed by atoms with Crippen LogP contribution in [-0.2, 0) is 11.2 Å². The van der Waals surface area contributed by atoms with Crippen molar-refractivity contribution in [2.45, 2.75) is 69.1 Å². The molecule has 4 rings (SSSR count). The highest BCUT2D eigenvalue weighted by Crippen LogP contribution is 2.31. The van der Waals surface area contributed by atoms with Gasteiger partial charge in [-0.05, 0) is 19.9 Å². The number of imidazole rings is 1. The first-order valence-corrected chi connectivity index (χ1v) is 10.1. The highest BCUT2D eigenvalue weighted by molar-refractivity contribution is 5.73. The van der Waals surface area contributed by atoms with Gasteiger partial charge in [-0.25, -0.2) is 15.0 Å². The van der Waals surface area contributed by atoms with Gasteiger partial charge < -0.3 is 25.0 Å². The van der Waals surface area contributed by atoms with E-state index in [1.54, 1.807) is 10.9 Å². The van der Waals surface area contributed by atoms with E-state index in [1.165, 1.54) is 38.4 Å². The number of aliphatic hydroxyl groups is 3. The maximum atomic E-state index is 10.3. The molecule has 2 fully saturated rings. The standard InChI is InChI=1S/C19H29N5O4/c1-23(12-5-3-2-4-6-12)8-7-13-15-18(21-10-20-13)24(11-22-15)19-17(27)16(26)14(9-25)28-19/h10-12,14,16-17,19,25-27H,2-9H2,1H3. The molecular weight excluding hydrogens is 362 g/mol. The first kappa shape index (κ1) is 19.7. The molecule has 9 heteroatoms. The van der Waals surface area contributed by atoms with E-state index in [4.69, 9.17) is 4.74 Å². The van der Waals surface area contributed by atoms with Crippen LogP contribution in [0.3, 0.4) is 0 Å². The van der Waals surface area contributed by atoms with Crippen LogP contribution >= 0.6 is 0 Å². The van der Waals surface area contributed by atoms with Gasteiger partial charge in [0.15, 0.2) is 11.9 Å². The van der Waals surface area contributed by atoms with Gasteiger partial charge in [-0.3, -0.25) is 4.57 Å². The lowest BCUT2D eigenvalue weighted by Crippen LogP contribution is -2.35. The molecule has 1 saturated heterocycles. The minimum atomic E-state index is -1.16. The fourth-order valence-electron chi connectivity index (χ4n) is 4.37. The van der Waals surface area contributed by atoms with Crippen molar-refractivity contribution in [3.63, 3.8) is 0 Å². The van der Waals surface area contributed by atoms with Gasteiger partial charge >= 0.3 is 0 Å². The van der Waals surface area contributed by atoms with Crippen LogP contribution in [0.4, 0.5) is 0 Å². The molecule has 1 saturated carbocycles. The topological polar surface area (TPSA) is 117 Å². The van der Waals surface area contributed by atoms with Crippen LogP contribution in [0.2, 0.25) is 0 Å². The zero-order chi connectivity index (χ0) is 19.7. The van der Waals surface area contributed by atoms with Crippen LogP contribution in [0.15, 0.2) is 12.7 Å². The van der Waals surface area contributed by atoms with E-state index >= 15 is 0 Å². The van der Waals surface area contributed by atoms with E-state index in [0.717, 1.165) is 18.7 Å². The molecule has 0 spiro atoms. The van der Waals surface area contributed by atoms with Crippen LogP contribution in [0.5, 0.6) is 0 Å². The Morgan fingerprint density at radius 1 is 1.14 bits per heavy atom. The second kappa shape index (κ2) is 8.38. The molecule has 0 amide bonds. The molecule has 3 N–H and O–H groups in total. The largest absolute Gasteiger partial charge is 0.394 e. The molecule has 1 aliphatic heterocycles. The average molecular weight is 391 g/mol. The van der Waals surface area contributed by atoms with Crippen molar-refractivity contribution < 1.29 is 20.1 Å². The Bertz CT molecular complexity index is 794. The Labute approximate surface area is 164 Å². The van der Waals surface area contributed by atoms with E-state index in [9.17, 15) is 15.3 Å². The Hall–Kier alpha value is -1.65. The van der Waals surface area contributed by atoms with Gasteiger partial charge in [-0.1, -0.05) is 19.3 Å². The number of fused-ring (bicyclic) bond motifs is 1. The molecule has 4 atom stereocenters. The molecule has 1 aliphatic carbocycles. The van der Waals surface area contributed by atoms with E-state index in [-0.39, 0.29) is 6.61 Å². The molecule has 4 unspecified atom stereocenters. The quantitative estimate of drug-likeness (QED) is 0.641. The van der Waals surface area contributed by atoms with E-state index in [1.807, 2.05) is 0 Å². The van der Waals surface area contributed by atoms with E-state index < -0.39 is 24.5 Å². The van der Waals surface area contributed by atoms with Crippen molar-refractivity contribution in [3.05, 3.63) is 18.3 Å². The van der Waals surface area contributed by atoms with Crippen molar-refractivity contribution in [2.75, 3.05) is 20.2 Å². The third-order valence-corrected chi connectivity index (χ3v) is 6.13. The van der Waals surface area contributed by atoms with Gasteiger partial charge in [0, 0.05) is 19.0 Å². The number of aromatic nitrogens is 4. The number of hydrogen-bond donors (Lipinski definition) is 3. The molecule has 2 aromatic rings. The summed E-state index contributed by atoms with van der Waals surface area (Å²) in [6.07, 6.45) is 6.30. The number of likely N-dealkylation sites (N-methyl/N-ethyl adjacent to an activating group) is 1. The smallest absolute Gasteiger partial charge is 0.165 e. The van der Waals surface area contributed by atoms with Crippen LogP contribution in [0, 0.1) is 0 Å². The summed E-state index contributed by atoms with van der Waals surface area (Å²) in [5, 5.41) is 29.6. The lowest BCUT2D eigenvalue weighted by atomic mass is 9.94. The first-order chi connectivity index (χ1) is 13.6. The molecule has 3 heterocycles. The van der Waals surface area contributed by atoms with Crippen molar-refractivity contribution in [1.82, 2.24) is 24.4 Å². The maximum Gasteiger partial charge on any atom is 0.165 e. The maximum absolute atomic E-state index is 10.3. The Kier molecular flexibility index (Phi) is 5.88. The summed E-state index contributed by atoms with van der Waals surface area (Å²) in [4.78, 5) is 15.6. The second-order valence-corrected chi connectivity index (χ2v) is 7.90. The fraction of sp³-hybridized carbons (Fsp3) is 0.737. The monoisotopic (exact) mass is 391 g/mol. The highest BCUT2D eigenvalue weighted by Gasteiger charge is 2.44. The normalized spacial score (nSPS) is 29.2. The summed E-state index contributed by atoms with van der Waals surface area (Å²) in [5.41, 5.74) is 2.09. The number of rotatable bonds is 6. The van der Waals surface area contributed by atoms with Crippen molar-refractivity contribution in [3.8, 4) is 0 Å². The molecule has 2 aliphatic rings. The molecule has 28 heavy (non-hydrogen) atoms. The zero-order valence-corrected chi connectivity index (χ0v) is 16.2. The summed E-state index contributed by atoms with van der Waals surface area (Å²) in [6.45, 7) is 0.534. The predicted molar refractivity (Wildman–Crippen MR) is 102 cm³/mol. The lowest BCUT2D eigenvalue weighted by Gasteiger charge is -2.31. The van der Waals surface area contributed by atoms with Gasteiger partial charge in [-0.2, -0.15) is 0 Å². The number of nitrogens with zero attached hydrogens (tertiary/aromatic N) is 5. The van der Waals surface area contributed by atoms with Crippen LogP contribution in [-0.4, -0.2) is 84.3 Å². The summed E-state index contributed by atoms with van der Waals surface area (Å²) < 4.78 is 7.22. The van der Waals surface area contributed by atoms with Crippen molar-refractivity contribution in [1.29, 1.82) is 0 Å². The van der Waals surface area contributed by atoms with Gasteiger partial charge in [0.25, 0.3) is 0 Å². The molecule has 0 radical (unpaired) electrons. The third kappa shape index (κ3) is 3.65. The van der Waals surface area contributed by atoms with Gasteiger partial charge in [0.1, 0.15) is 30.2 Å². The van der Waals surface area contributed by atoms with E-state index in [2.05, 4.69) is 26.9 Å². The Morgan fingerprint density at radius 2 is 1.93 bits per heavy atom. The zero-order valence-electron chi connectivity index (χ0n) is 16.2. The number of aliphatic hydroxyl groups excluding tert-OH is 3. The average Bonchev–Trinajstić information content (AvgIpc) is 3.28. The molecule has 9 nitrogen and oxygen atoms in total. The van der Waals surface area contributed by atoms with Gasteiger partial charge in [-0.15, -0.1) is 0 Å². The predicted octanol–water partition coefficient (Wildman–Crippen LogP) is 0.245. The van der Waals surface area contributed by atoms with Crippen molar-refractivity contribution in [2.24, 2.45) is 0 Å². The SMILES string of the molecule is CN(CCc1ncnc2c1ncn2C1OC(CO)C(O)C1O)C1CCCCC1. The van der Waals surface area contributed by atoms with Gasteiger partial charge in [0.2, 0.25) is 0 Å². The molecule has 2 aromatic heterocycles.